The highest BCUT2D eigenvalue weighted by molar-refractivity contribution is 8.00. The smallest absolute Gasteiger partial charge is 0.255 e. The molecule has 0 saturated heterocycles. The van der Waals surface area contributed by atoms with Crippen LogP contribution in [0.15, 0.2) is 71.6 Å². The van der Waals surface area contributed by atoms with E-state index in [0.717, 1.165) is 10.5 Å². The maximum Gasteiger partial charge on any atom is 0.255 e. The lowest BCUT2D eigenvalue weighted by molar-refractivity contribution is -0.115. The first kappa shape index (κ1) is 22.7. The van der Waals surface area contributed by atoms with Crippen molar-refractivity contribution in [2.45, 2.75) is 24.0 Å². The summed E-state index contributed by atoms with van der Waals surface area (Å²) in [6.07, 6.45) is 0. The van der Waals surface area contributed by atoms with Crippen molar-refractivity contribution in [3.63, 3.8) is 0 Å². The topological polar surface area (TPSA) is 67.4 Å². The van der Waals surface area contributed by atoms with Crippen molar-refractivity contribution in [3.05, 3.63) is 82.9 Å². The lowest BCUT2D eigenvalue weighted by Gasteiger charge is -2.14. The third-order valence-electron chi connectivity index (χ3n) is 4.51. The summed E-state index contributed by atoms with van der Waals surface area (Å²) in [5.41, 5.74) is 2.96. The fourth-order valence-corrected chi connectivity index (χ4v) is 3.99. The summed E-state index contributed by atoms with van der Waals surface area (Å²) in [6, 6.07) is 19.9. The molecule has 0 aromatic heterocycles. The summed E-state index contributed by atoms with van der Waals surface area (Å²) in [5.74, 6) is 0.219. The maximum atomic E-state index is 12.6. The number of carbonyl (C=O) groups is 2. The quantitative estimate of drug-likeness (QED) is 0.428. The molecule has 0 radical (unpaired) electrons. The molecule has 0 bridgehead atoms. The molecule has 5 nitrogen and oxygen atoms in total. The molecule has 1 unspecified atom stereocenters. The maximum absolute atomic E-state index is 12.6. The number of aryl methyl sites for hydroxylation is 1. The molecule has 0 aliphatic heterocycles. The first-order chi connectivity index (χ1) is 14.9. The third kappa shape index (κ3) is 6.26. The third-order valence-corrected chi connectivity index (χ3v) is 5.90. The summed E-state index contributed by atoms with van der Waals surface area (Å²) < 4.78 is 5.12. The SMILES string of the molecule is COc1ccc(NC(=O)C(C)Sc2cccc(NC(=O)c3ccc(C)cc3)c2)cc1Cl. The van der Waals surface area contributed by atoms with Gasteiger partial charge in [-0.25, -0.2) is 0 Å². The Bertz CT molecular complexity index is 1090. The fourth-order valence-electron chi connectivity index (χ4n) is 2.80. The van der Waals surface area contributed by atoms with E-state index in [1.54, 1.807) is 30.3 Å². The summed E-state index contributed by atoms with van der Waals surface area (Å²) in [5, 5.41) is 5.83. The van der Waals surface area contributed by atoms with E-state index in [1.165, 1.54) is 18.9 Å². The number of hydrogen-bond donors (Lipinski definition) is 2. The standard InChI is InChI=1S/C24H23ClN2O3S/c1-15-7-9-17(10-8-15)24(29)27-18-5-4-6-20(13-18)31-16(2)23(28)26-19-11-12-22(30-3)21(25)14-19/h4-14,16H,1-3H3,(H,26,28)(H,27,29). The second kappa shape index (κ2) is 10.4. The van der Waals surface area contributed by atoms with Gasteiger partial charge >= 0.3 is 0 Å². The zero-order valence-corrected chi connectivity index (χ0v) is 19.0. The zero-order chi connectivity index (χ0) is 22.4. The molecule has 7 heteroatoms. The van der Waals surface area contributed by atoms with E-state index in [4.69, 9.17) is 16.3 Å². The first-order valence-electron chi connectivity index (χ1n) is 9.65. The predicted octanol–water partition coefficient (Wildman–Crippen LogP) is 6.03. The summed E-state index contributed by atoms with van der Waals surface area (Å²) >= 11 is 7.52. The summed E-state index contributed by atoms with van der Waals surface area (Å²) in [4.78, 5) is 25.9. The average Bonchev–Trinajstić information content (AvgIpc) is 2.74. The van der Waals surface area contributed by atoms with Gasteiger partial charge in [0.25, 0.3) is 5.91 Å². The van der Waals surface area contributed by atoms with Crippen LogP contribution < -0.4 is 15.4 Å². The van der Waals surface area contributed by atoms with Crippen molar-refractivity contribution in [3.8, 4) is 5.75 Å². The minimum Gasteiger partial charge on any atom is -0.495 e. The second-order valence-electron chi connectivity index (χ2n) is 6.95. The largest absolute Gasteiger partial charge is 0.495 e. The van der Waals surface area contributed by atoms with Gasteiger partial charge in [-0.3, -0.25) is 9.59 Å². The van der Waals surface area contributed by atoms with Gasteiger partial charge in [0.05, 0.1) is 17.4 Å². The van der Waals surface area contributed by atoms with Crippen LogP contribution in [0.1, 0.15) is 22.8 Å². The number of amides is 2. The molecule has 31 heavy (non-hydrogen) atoms. The lowest BCUT2D eigenvalue weighted by Crippen LogP contribution is -2.22. The van der Waals surface area contributed by atoms with Crippen LogP contribution in [0.4, 0.5) is 11.4 Å². The number of nitrogens with one attached hydrogen (secondary N) is 2. The molecule has 2 N–H and O–H groups in total. The van der Waals surface area contributed by atoms with Crippen LogP contribution >= 0.6 is 23.4 Å². The molecule has 0 saturated carbocycles. The Morgan fingerprint density at radius 2 is 1.68 bits per heavy atom. The molecule has 3 rings (SSSR count). The molecule has 0 aliphatic carbocycles. The number of methoxy groups -OCH3 is 1. The van der Waals surface area contributed by atoms with E-state index >= 15 is 0 Å². The number of rotatable bonds is 7. The van der Waals surface area contributed by atoms with Gasteiger partial charge in [0, 0.05) is 21.8 Å². The number of halogens is 1. The average molecular weight is 455 g/mol. The summed E-state index contributed by atoms with van der Waals surface area (Å²) in [7, 11) is 1.54. The van der Waals surface area contributed by atoms with Crippen LogP contribution in [0, 0.1) is 6.92 Å². The molecular weight excluding hydrogens is 432 g/mol. The van der Waals surface area contributed by atoms with Crippen molar-refractivity contribution in [2.75, 3.05) is 17.7 Å². The molecule has 160 valence electrons. The van der Waals surface area contributed by atoms with Crippen molar-refractivity contribution in [1.82, 2.24) is 0 Å². The van der Waals surface area contributed by atoms with Gasteiger partial charge < -0.3 is 15.4 Å². The molecule has 2 amide bonds. The zero-order valence-electron chi connectivity index (χ0n) is 17.4. The van der Waals surface area contributed by atoms with Crippen LogP contribution in [-0.2, 0) is 4.79 Å². The van der Waals surface area contributed by atoms with E-state index in [1.807, 2.05) is 50.2 Å². The van der Waals surface area contributed by atoms with Gasteiger partial charge in [-0.05, 0) is 62.4 Å². The van der Waals surface area contributed by atoms with E-state index < -0.39 is 0 Å². The van der Waals surface area contributed by atoms with Crippen LogP contribution in [0.5, 0.6) is 5.75 Å². The molecule has 0 aliphatic rings. The minimum atomic E-state index is -0.357. The van der Waals surface area contributed by atoms with Gasteiger partial charge in [-0.15, -0.1) is 11.8 Å². The van der Waals surface area contributed by atoms with Crippen molar-refractivity contribution in [1.29, 1.82) is 0 Å². The molecule has 0 fully saturated rings. The Kier molecular flexibility index (Phi) is 7.60. The van der Waals surface area contributed by atoms with Crippen LogP contribution in [0.2, 0.25) is 5.02 Å². The van der Waals surface area contributed by atoms with Gasteiger partial charge in [0.2, 0.25) is 5.91 Å². The number of anilines is 2. The van der Waals surface area contributed by atoms with Gasteiger partial charge in [-0.1, -0.05) is 35.4 Å². The van der Waals surface area contributed by atoms with Gasteiger partial charge in [0.15, 0.2) is 0 Å². The molecular formula is C24H23ClN2O3S. The number of thioether (sulfide) groups is 1. The number of hydrogen-bond acceptors (Lipinski definition) is 4. The lowest BCUT2D eigenvalue weighted by atomic mass is 10.1. The van der Waals surface area contributed by atoms with E-state index in [2.05, 4.69) is 10.6 Å². The Morgan fingerprint density at radius 3 is 2.35 bits per heavy atom. The highest BCUT2D eigenvalue weighted by Gasteiger charge is 2.16. The van der Waals surface area contributed by atoms with Crippen LogP contribution in [-0.4, -0.2) is 24.2 Å². The van der Waals surface area contributed by atoms with Crippen LogP contribution in [0.3, 0.4) is 0 Å². The van der Waals surface area contributed by atoms with Gasteiger partial charge in [-0.2, -0.15) is 0 Å². The highest BCUT2D eigenvalue weighted by atomic mass is 35.5. The van der Waals surface area contributed by atoms with E-state index in [-0.39, 0.29) is 17.1 Å². The second-order valence-corrected chi connectivity index (χ2v) is 8.77. The van der Waals surface area contributed by atoms with E-state index in [9.17, 15) is 9.59 Å². The Hall–Kier alpha value is -2.96. The minimum absolute atomic E-state index is 0.152. The van der Waals surface area contributed by atoms with Crippen molar-refractivity contribution in [2.24, 2.45) is 0 Å². The normalized spacial score (nSPS) is 11.5. The van der Waals surface area contributed by atoms with E-state index in [0.29, 0.717) is 27.7 Å². The molecule has 0 spiro atoms. The van der Waals surface area contributed by atoms with Crippen molar-refractivity contribution < 1.29 is 14.3 Å². The fraction of sp³-hybridized carbons (Fsp3) is 0.167. The predicted molar refractivity (Wildman–Crippen MR) is 128 cm³/mol. The molecule has 3 aromatic carbocycles. The molecule has 0 heterocycles. The Balaban J connectivity index is 1.61. The number of benzene rings is 3. The highest BCUT2D eigenvalue weighted by Crippen LogP contribution is 2.29. The first-order valence-corrected chi connectivity index (χ1v) is 10.9. The van der Waals surface area contributed by atoms with Crippen LogP contribution in [0.25, 0.3) is 0 Å². The monoisotopic (exact) mass is 454 g/mol. The summed E-state index contributed by atoms with van der Waals surface area (Å²) in [6.45, 7) is 3.80. The molecule has 1 atom stereocenters. The number of carbonyl (C=O) groups excluding carboxylic acids is 2. The Labute approximate surface area is 191 Å². The molecule has 3 aromatic rings. The Morgan fingerprint density at radius 1 is 0.968 bits per heavy atom. The number of ether oxygens (including phenoxy) is 1. The van der Waals surface area contributed by atoms with Crippen molar-refractivity contribution >= 4 is 46.6 Å². The van der Waals surface area contributed by atoms with Gasteiger partial charge in [0.1, 0.15) is 5.75 Å².